The van der Waals surface area contributed by atoms with Gasteiger partial charge in [-0.3, -0.25) is 4.79 Å². The maximum Gasteiger partial charge on any atom is 0.279 e. The van der Waals surface area contributed by atoms with Crippen molar-refractivity contribution in [1.29, 1.82) is 0 Å². The number of aromatic nitrogens is 2. The van der Waals surface area contributed by atoms with E-state index in [9.17, 15) is 18.3 Å². The molecule has 2 aliphatic rings. The van der Waals surface area contributed by atoms with Crippen LogP contribution in [0.3, 0.4) is 0 Å². The number of amides is 1. The summed E-state index contributed by atoms with van der Waals surface area (Å²) in [5.74, 6) is -0.110. The van der Waals surface area contributed by atoms with Crippen molar-refractivity contribution in [3.63, 3.8) is 0 Å². The van der Waals surface area contributed by atoms with E-state index in [0.717, 1.165) is 0 Å². The third-order valence-electron chi connectivity index (χ3n) is 5.36. The summed E-state index contributed by atoms with van der Waals surface area (Å²) in [6.07, 6.45) is 4.96. The largest absolute Gasteiger partial charge is 0.480 e. The Balaban J connectivity index is 1.57. The molecule has 170 valence electrons. The summed E-state index contributed by atoms with van der Waals surface area (Å²) in [7, 11) is -1.89. The first-order valence-corrected chi connectivity index (χ1v) is 11.8. The van der Waals surface area contributed by atoms with Gasteiger partial charge >= 0.3 is 0 Å². The van der Waals surface area contributed by atoms with E-state index in [0.29, 0.717) is 43.5 Å². The molecule has 10 nitrogen and oxygen atoms in total. The molecule has 2 saturated carbocycles. The molecule has 1 amide bonds. The Morgan fingerprint density at radius 1 is 1.12 bits per heavy atom. The first-order chi connectivity index (χ1) is 15.4. The van der Waals surface area contributed by atoms with Gasteiger partial charge in [0, 0.05) is 12.0 Å². The van der Waals surface area contributed by atoms with Crippen molar-refractivity contribution in [3.05, 3.63) is 42.2 Å². The number of nitrogens with one attached hydrogen (secondary N) is 1. The lowest BCUT2D eigenvalue weighted by molar-refractivity contribution is -0.110. The molecule has 0 saturated heterocycles. The highest BCUT2D eigenvalue weighted by atomic mass is 32.2. The minimum Gasteiger partial charge on any atom is -0.480 e. The molecule has 32 heavy (non-hydrogen) atoms. The second kappa shape index (κ2) is 9.21. The van der Waals surface area contributed by atoms with Crippen LogP contribution in [0.15, 0.2) is 46.7 Å². The zero-order valence-corrected chi connectivity index (χ0v) is 18.3. The minimum atomic E-state index is -3.34. The fourth-order valence-electron chi connectivity index (χ4n) is 3.40. The molecule has 1 aromatic heterocycles. The average molecular weight is 461 g/mol. The Hall–Kier alpha value is -3.05. The number of carbonyl (C=O) groups excluding carboxylic acids is 1. The number of hydrogen-bond donors (Lipinski definition) is 2. The van der Waals surface area contributed by atoms with Crippen LogP contribution in [0.2, 0.25) is 0 Å². The van der Waals surface area contributed by atoms with Gasteiger partial charge in [-0.2, -0.15) is 0 Å². The van der Waals surface area contributed by atoms with Gasteiger partial charge in [0.05, 0.1) is 35.8 Å². The molecule has 2 N–H and O–H groups in total. The number of benzene rings is 1. The molecule has 0 spiro atoms. The molecule has 11 heteroatoms. The predicted octanol–water partition coefficient (Wildman–Crippen LogP) is 1.69. The molecular formula is C21H24N4O6S. The molecule has 0 radical (unpaired) electrons. The summed E-state index contributed by atoms with van der Waals surface area (Å²) in [5.41, 5.74) is 0.344. The van der Waals surface area contributed by atoms with Crippen molar-refractivity contribution in [2.45, 2.75) is 54.5 Å². The van der Waals surface area contributed by atoms with E-state index in [-0.39, 0.29) is 27.8 Å². The van der Waals surface area contributed by atoms with Gasteiger partial charge in [-0.05, 0) is 37.8 Å². The molecule has 0 aliphatic heterocycles. The zero-order chi connectivity index (χ0) is 22.7. The van der Waals surface area contributed by atoms with Crippen LogP contribution in [-0.4, -0.2) is 59.7 Å². The van der Waals surface area contributed by atoms with Gasteiger partial charge in [0.2, 0.25) is 5.88 Å². The summed E-state index contributed by atoms with van der Waals surface area (Å²) in [4.78, 5) is 26.7. The number of aliphatic hydroxyl groups excluding tert-OH is 1. The number of nitrogens with zero attached hydrogens (tertiary/aromatic N) is 3. The summed E-state index contributed by atoms with van der Waals surface area (Å²) >= 11 is 0. The molecule has 1 heterocycles. The van der Waals surface area contributed by atoms with Crippen molar-refractivity contribution in [1.82, 2.24) is 9.97 Å². The van der Waals surface area contributed by atoms with Gasteiger partial charge in [0.25, 0.3) is 5.91 Å². The molecule has 2 aromatic rings. The lowest BCUT2D eigenvalue weighted by Gasteiger charge is -2.12. The Morgan fingerprint density at radius 2 is 1.88 bits per heavy atom. The second-order valence-corrected chi connectivity index (χ2v) is 10.0. The Labute approximate surface area is 185 Å². The number of aliphatic hydroxyl groups is 1. The standard InChI is InChI=1S/C21H24N4O6S/c1-30-19-12-22-18(11-23-19)24-21(27)20(25-31-15-5-4-14(26)10-15)13-2-6-16(7-3-13)32(28,29)17-8-9-17/h2-3,6-7,11-12,14-15,17,26H,4-5,8-10H2,1H3,(H,22,24,27)/t14-,15-/m1/s1. The van der Waals surface area contributed by atoms with Gasteiger partial charge in [0.15, 0.2) is 21.4 Å². The SMILES string of the molecule is COc1cnc(NC(=O)C(=NO[C@@H]2CC[C@@H](O)C2)c2ccc(S(=O)(=O)C3CC3)cc2)cn1. The smallest absolute Gasteiger partial charge is 0.279 e. The van der Waals surface area contributed by atoms with Crippen molar-refractivity contribution >= 4 is 27.3 Å². The highest BCUT2D eigenvalue weighted by molar-refractivity contribution is 7.92. The van der Waals surface area contributed by atoms with E-state index < -0.39 is 21.8 Å². The molecular weight excluding hydrogens is 436 g/mol. The van der Waals surface area contributed by atoms with E-state index >= 15 is 0 Å². The van der Waals surface area contributed by atoms with Crippen molar-refractivity contribution in [3.8, 4) is 5.88 Å². The van der Waals surface area contributed by atoms with Crippen LogP contribution >= 0.6 is 0 Å². The number of ether oxygens (including phenoxy) is 1. The zero-order valence-electron chi connectivity index (χ0n) is 17.5. The van der Waals surface area contributed by atoms with Crippen molar-refractivity contribution < 1.29 is 27.9 Å². The van der Waals surface area contributed by atoms with Crippen LogP contribution in [0.25, 0.3) is 0 Å². The quantitative estimate of drug-likeness (QED) is 0.448. The second-order valence-electron chi connectivity index (χ2n) is 7.80. The first-order valence-electron chi connectivity index (χ1n) is 10.3. The molecule has 0 unspecified atom stereocenters. The van der Waals surface area contributed by atoms with Crippen LogP contribution in [0.5, 0.6) is 5.88 Å². The molecule has 1 aromatic carbocycles. The van der Waals surface area contributed by atoms with Crippen LogP contribution in [0.1, 0.15) is 37.7 Å². The maximum absolute atomic E-state index is 12.9. The van der Waals surface area contributed by atoms with E-state index in [2.05, 4.69) is 20.4 Å². The van der Waals surface area contributed by atoms with Gasteiger partial charge in [-0.1, -0.05) is 17.3 Å². The van der Waals surface area contributed by atoms with E-state index in [1.165, 1.54) is 43.8 Å². The average Bonchev–Trinajstić information content (AvgIpc) is 3.58. The van der Waals surface area contributed by atoms with Crippen LogP contribution < -0.4 is 10.1 Å². The number of sulfone groups is 1. The van der Waals surface area contributed by atoms with E-state index in [1.54, 1.807) is 0 Å². The lowest BCUT2D eigenvalue weighted by Crippen LogP contribution is -2.25. The first kappa shape index (κ1) is 22.2. The Bertz CT molecular complexity index is 1100. The van der Waals surface area contributed by atoms with E-state index in [1.807, 2.05) is 0 Å². The summed E-state index contributed by atoms with van der Waals surface area (Å²) in [6, 6.07) is 6.00. The fraction of sp³-hybridized carbons (Fsp3) is 0.429. The van der Waals surface area contributed by atoms with Gasteiger partial charge in [-0.15, -0.1) is 0 Å². The normalized spacial score (nSPS) is 21.2. The third-order valence-corrected chi connectivity index (χ3v) is 7.64. The molecule has 2 fully saturated rings. The summed E-state index contributed by atoms with van der Waals surface area (Å²) in [6.45, 7) is 0. The third kappa shape index (κ3) is 5.05. The molecule has 2 atom stereocenters. The molecule has 4 rings (SSSR count). The van der Waals surface area contributed by atoms with E-state index in [4.69, 9.17) is 9.57 Å². The highest BCUT2D eigenvalue weighted by Crippen LogP contribution is 2.33. The van der Waals surface area contributed by atoms with Crippen LogP contribution in [-0.2, 0) is 19.5 Å². The van der Waals surface area contributed by atoms with Crippen LogP contribution in [0, 0.1) is 0 Å². The topological polar surface area (TPSA) is 140 Å². The highest BCUT2D eigenvalue weighted by Gasteiger charge is 2.36. The number of hydrogen-bond acceptors (Lipinski definition) is 9. The number of rotatable bonds is 8. The number of oxime groups is 1. The number of methoxy groups -OCH3 is 1. The van der Waals surface area contributed by atoms with Gasteiger partial charge in [0.1, 0.15) is 6.10 Å². The van der Waals surface area contributed by atoms with Gasteiger partial charge in [-0.25, -0.2) is 18.4 Å². The molecule has 0 bridgehead atoms. The lowest BCUT2D eigenvalue weighted by atomic mass is 10.1. The number of anilines is 1. The summed E-state index contributed by atoms with van der Waals surface area (Å²) < 4.78 is 29.9. The Kier molecular flexibility index (Phi) is 6.38. The van der Waals surface area contributed by atoms with Gasteiger partial charge < -0.3 is 20.0 Å². The van der Waals surface area contributed by atoms with Crippen molar-refractivity contribution in [2.24, 2.45) is 5.16 Å². The monoisotopic (exact) mass is 460 g/mol. The fourth-order valence-corrected chi connectivity index (χ4v) is 5.06. The number of carbonyl (C=O) groups is 1. The Morgan fingerprint density at radius 3 is 2.44 bits per heavy atom. The minimum absolute atomic E-state index is 0.0422. The van der Waals surface area contributed by atoms with Crippen LogP contribution in [0.4, 0.5) is 5.82 Å². The van der Waals surface area contributed by atoms with Crippen molar-refractivity contribution in [2.75, 3.05) is 12.4 Å². The maximum atomic E-state index is 12.9. The predicted molar refractivity (Wildman–Crippen MR) is 115 cm³/mol. The summed E-state index contributed by atoms with van der Waals surface area (Å²) in [5, 5.41) is 16.0. The molecule has 2 aliphatic carbocycles.